The summed E-state index contributed by atoms with van der Waals surface area (Å²) in [6.45, 7) is 2.28. The van der Waals surface area contributed by atoms with E-state index in [0.29, 0.717) is 22.8 Å². The number of aromatic nitrogens is 1. The van der Waals surface area contributed by atoms with Gasteiger partial charge in [-0.25, -0.2) is 4.79 Å². The monoisotopic (exact) mass is 377 g/mol. The van der Waals surface area contributed by atoms with E-state index in [2.05, 4.69) is 24.2 Å². The molecule has 0 atom stereocenters. The van der Waals surface area contributed by atoms with Crippen LogP contribution in [0.2, 0.25) is 0 Å². The Bertz CT molecular complexity index is 1160. The third-order valence-electron chi connectivity index (χ3n) is 4.49. The van der Waals surface area contributed by atoms with Crippen molar-refractivity contribution in [2.45, 2.75) is 20.0 Å². The number of rotatable bonds is 6. The highest BCUT2D eigenvalue weighted by Gasteiger charge is 2.12. The molecule has 6 heteroatoms. The summed E-state index contributed by atoms with van der Waals surface area (Å²) in [5.41, 5.74) is 3.01. The zero-order chi connectivity index (χ0) is 19.5. The molecule has 0 fully saturated rings. The minimum absolute atomic E-state index is 0.166. The average Bonchev–Trinajstić information content (AvgIpc) is 3.20. The molecule has 2 aromatic heterocycles. The first kappa shape index (κ1) is 17.9. The van der Waals surface area contributed by atoms with Gasteiger partial charge in [-0.1, -0.05) is 36.3 Å². The van der Waals surface area contributed by atoms with Crippen molar-refractivity contribution in [1.82, 2.24) is 5.16 Å². The van der Waals surface area contributed by atoms with Gasteiger partial charge in [0.25, 0.3) is 0 Å². The van der Waals surface area contributed by atoms with Crippen LogP contribution in [0.25, 0.3) is 22.2 Å². The van der Waals surface area contributed by atoms with E-state index in [-0.39, 0.29) is 6.61 Å². The predicted octanol–water partition coefficient (Wildman–Crippen LogP) is 4.60. The van der Waals surface area contributed by atoms with Gasteiger partial charge in [0.15, 0.2) is 17.3 Å². The zero-order valence-corrected chi connectivity index (χ0v) is 15.6. The highest BCUT2D eigenvalue weighted by atomic mass is 16.5. The Morgan fingerprint density at radius 3 is 2.57 bits per heavy atom. The molecule has 0 aliphatic carbocycles. The van der Waals surface area contributed by atoms with Crippen LogP contribution in [0.3, 0.4) is 0 Å². The lowest BCUT2D eigenvalue weighted by molar-refractivity contribution is 0.239. The van der Waals surface area contributed by atoms with Crippen molar-refractivity contribution in [3.63, 3.8) is 0 Å². The molecule has 0 amide bonds. The molecule has 28 heavy (non-hydrogen) atoms. The summed E-state index contributed by atoms with van der Waals surface area (Å²) in [5, 5.41) is 4.86. The van der Waals surface area contributed by atoms with Crippen LogP contribution in [0.15, 0.2) is 68.3 Å². The van der Waals surface area contributed by atoms with Crippen LogP contribution in [0, 0.1) is 0 Å². The van der Waals surface area contributed by atoms with Gasteiger partial charge in [0, 0.05) is 29.1 Å². The van der Waals surface area contributed by atoms with E-state index in [1.54, 1.807) is 25.3 Å². The molecule has 0 radical (unpaired) electrons. The lowest BCUT2D eigenvalue weighted by Gasteiger charge is -2.10. The molecule has 142 valence electrons. The van der Waals surface area contributed by atoms with E-state index in [0.717, 1.165) is 23.1 Å². The van der Waals surface area contributed by atoms with E-state index in [9.17, 15) is 4.79 Å². The maximum absolute atomic E-state index is 11.4. The maximum Gasteiger partial charge on any atom is 0.336 e. The van der Waals surface area contributed by atoms with Gasteiger partial charge in [0.2, 0.25) is 0 Å². The van der Waals surface area contributed by atoms with Crippen molar-refractivity contribution < 1.29 is 18.4 Å². The molecule has 0 saturated heterocycles. The summed E-state index contributed by atoms with van der Waals surface area (Å²) in [5.74, 6) is 1.57. The van der Waals surface area contributed by atoms with Crippen LogP contribution in [0.4, 0.5) is 0 Å². The number of hydrogen-bond acceptors (Lipinski definition) is 6. The molecule has 0 saturated carbocycles. The normalized spacial score (nSPS) is 10.9. The minimum atomic E-state index is -0.419. The van der Waals surface area contributed by atoms with Crippen LogP contribution in [-0.2, 0) is 13.0 Å². The Balaban J connectivity index is 1.54. The molecule has 0 unspecified atom stereocenters. The van der Waals surface area contributed by atoms with Gasteiger partial charge in [-0.05, 0) is 24.1 Å². The molecule has 0 bridgehead atoms. The van der Waals surface area contributed by atoms with Crippen LogP contribution in [0.5, 0.6) is 11.5 Å². The second kappa shape index (κ2) is 7.60. The number of nitrogens with zero attached hydrogens (tertiary/aromatic N) is 1. The van der Waals surface area contributed by atoms with Gasteiger partial charge in [-0.2, -0.15) is 0 Å². The largest absolute Gasteiger partial charge is 0.493 e. The zero-order valence-electron chi connectivity index (χ0n) is 15.6. The molecule has 0 N–H and O–H groups in total. The second-order valence-corrected chi connectivity index (χ2v) is 6.31. The van der Waals surface area contributed by atoms with Crippen molar-refractivity contribution >= 4 is 11.0 Å². The van der Waals surface area contributed by atoms with Crippen LogP contribution >= 0.6 is 0 Å². The Hall–Kier alpha value is -3.54. The fourth-order valence-electron chi connectivity index (χ4n) is 2.93. The summed E-state index contributed by atoms with van der Waals surface area (Å²) in [6.07, 6.45) is 0.992. The molecule has 4 rings (SSSR count). The SMILES string of the molecule is CCc1ccc(-c2cc(COc3cc4oc(=O)ccc4cc3OC)on2)cc1. The predicted molar refractivity (Wildman–Crippen MR) is 105 cm³/mol. The molecular formula is C22H19NO5. The fourth-order valence-corrected chi connectivity index (χ4v) is 2.93. The van der Waals surface area contributed by atoms with Crippen molar-refractivity contribution in [2.75, 3.05) is 7.11 Å². The molecule has 4 aromatic rings. The standard InChI is InChI=1S/C22H19NO5/c1-3-14-4-6-15(7-5-14)18-11-17(28-23-18)13-26-21-12-19-16(10-20(21)25-2)8-9-22(24)27-19/h4-12H,3,13H2,1-2H3. The average molecular weight is 377 g/mol. The first-order valence-corrected chi connectivity index (χ1v) is 8.96. The lowest BCUT2D eigenvalue weighted by atomic mass is 10.1. The number of aryl methyl sites for hydroxylation is 1. The number of fused-ring (bicyclic) bond motifs is 1. The lowest BCUT2D eigenvalue weighted by Crippen LogP contribution is -1.99. The molecular weight excluding hydrogens is 358 g/mol. The third-order valence-corrected chi connectivity index (χ3v) is 4.49. The molecule has 0 aliphatic rings. The molecule has 0 spiro atoms. The van der Waals surface area contributed by atoms with Gasteiger partial charge in [-0.15, -0.1) is 0 Å². The van der Waals surface area contributed by atoms with E-state index < -0.39 is 5.63 Å². The van der Waals surface area contributed by atoms with E-state index in [1.165, 1.54) is 11.6 Å². The topological polar surface area (TPSA) is 74.7 Å². The number of methoxy groups -OCH3 is 1. The van der Waals surface area contributed by atoms with Gasteiger partial charge in [0.05, 0.1) is 7.11 Å². The second-order valence-electron chi connectivity index (χ2n) is 6.31. The highest BCUT2D eigenvalue weighted by Crippen LogP contribution is 2.32. The minimum Gasteiger partial charge on any atom is -0.493 e. The third kappa shape index (κ3) is 3.62. The molecule has 2 heterocycles. The summed E-state index contributed by atoms with van der Waals surface area (Å²) in [6, 6.07) is 16.5. The van der Waals surface area contributed by atoms with E-state index >= 15 is 0 Å². The Morgan fingerprint density at radius 2 is 1.82 bits per heavy atom. The van der Waals surface area contributed by atoms with E-state index in [1.807, 2.05) is 18.2 Å². The van der Waals surface area contributed by atoms with Crippen LogP contribution in [-0.4, -0.2) is 12.3 Å². The fraction of sp³-hybridized carbons (Fsp3) is 0.182. The summed E-state index contributed by atoms with van der Waals surface area (Å²) in [7, 11) is 1.56. The van der Waals surface area contributed by atoms with Crippen LogP contribution in [0.1, 0.15) is 18.2 Å². The van der Waals surface area contributed by atoms with Crippen molar-refractivity contribution in [1.29, 1.82) is 0 Å². The Kier molecular flexibility index (Phi) is 4.85. The quantitative estimate of drug-likeness (QED) is 0.457. The van der Waals surface area contributed by atoms with Crippen molar-refractivity contribution in [3.8, 4) is 22.8 Å². The first-order chi connectivity index (χ1) is 13.7. The number of benzene rings is 2. The molecule has 0 aliphatic heterocycles. The smallest absolute Gasteiger partial charge is 0.336 e. The molecule has 6 nitrogen and oxygen atoms in total. The van der Waals surface area contributed by atoms with Gasteiger partial charge >= 0.3 is 5.63 Å². The maximum atomic E-state index is 11.4. The highest BCUT2D eigenvalue weighted by molar-refractivity contribution is 5.80. The van der Waals surface area contributed by atoms with Crippen LogP contribution < -0.4 is 15.1 Å². The van der Waals surface area contributed by atoms with Gasteiger partial charge < -0.3 is 18.4 Å². The van der Waals surface area contributed by atoms with Gasteiger partial charge in [0.1, 0.15) is 17.9 Å². The molecule has 2 aromatic carbocycles. The Labute approximate surface area is 161 Å². The van der Waals surface area contributed by atoms with Gasteiger partial charge in [-0.3, -0.25) is 0 Å². The van der Waals surface area contributed by atoms with E-state index in [4.69, 9.17) is 18.4 Å². The first-order valence-electron chi connectivity index (χ1n) is 8.96. The summed E-state index contributed by atoms with van der Waals surface area (Å²) < 4.78 is 21.8. The van der Waals surface area contributed by atoms with Crippen molar-refractivity contribution in [3.05, 3.63) is 76.3 Å². The summed E-state index contributed by atoms with van der Waals surface area (Å²) in [4.78, 5) is 11.4. The number of ether oxygens (including phenoxy) is 2. The summed E-state index contributed by atoms with van der Waals surface area (Å²) >= 11 is 0. The van der Waals surface area contributed by atoms with Crippen molar-refractivity contribution in [2.24, 2.45) is 0 Å². The Morgan fingerprint density at radius 1 is 1.00 bits per heavy atom. The number of hydrogen-bond donors (Lipinski definition) is 0.